The molecule has 1 aromatic rings. The molecule has 0 bridgehead atoms. The molecule has 1 fully saturated rings. The van der Waals surface area contributed by atoms with Crippen LogP contribution >= 0.6 is 0 Å². The summed E-state index contributed by atoms with van der Waals surface area (Å²) in [5.74, 6) is -1.42. The largest absolute Gasteiger partial charge is 0.481 e. The molecule has 1 heterocycles. The molecule has 5 heteroatoms. The summed E-state index contributed by atoms with van der Waals surface area (Å²) in [6, 6.07) is 7.39. The second-order valence-electron chi connectivity index (χ2n) is 4.74. The van der Waals surface area contributed by atoms with Crippen LogP contribution < -0.4 is 4.90 Å². The van der Waals surface area contributed by atoms with Gasteiger partial charge in [-0.3, -0.25) is 4.79 Å². The van der Waals surface area contributed by atoms with E-state index in [9.17, 15) is 15.2 Å². The van der Waals surface area contributed by atoms with E-state index in [0.717, 1.165) is 11.3 Å². The molecule has 1 aromatic carbocycles. The Labute approximate surface area is 112 Å². The summed E-state index contributed by atoms with van der Waals surface area (Å²) in [6.07, 6.45) is 0. The Morgan fingerprint density at radius 1 is 1.53 bits per heavy atom. The van der Waals surface area contributed by atoms with Gasteiger partial charge >= 0.3 is 5.97 Å². The number of likely N-dealkylation sites (N-methyl/N-ethyl adjacent to an activating group) is 1. The van der Waals surface area contributed by atoms with Gasteiger partial charge in [-0.05, 0) is 18.6 Å². The zero-order valence-corrected chi connectivity index (χ0v) is 11.0. The number of ether oxygens (including phenoxy) is 1. The molecule has 0 radical (unpaired) electrons. The molecular formula is C14H16N2O3. The average molecular weight is 260 g/mol. The van der Waals surface area contributed by atoms with Crippen LogP contribution in [0.3, 0.4) is 0 Å². The monoisotopic (exact) mass is 260 g/mol. The predicted molar refractivity (Wildman–Crippen MR) is 70.0 cm³/mol. The minimum absolute atomic E-state index is 0.220. The molecule has 2 atom stereocenters. The number of carboxylic acid groups (broad SMARTS) is 1. The molecule has 5 nitrogen and oxygen atoms in total. The van der Waals surface area contributed by atoms with E-state index < -0.39 is 11.9 Å². The summed E-state index contributed by atoms with van der Waals surface area (Å²) >= 11 is 0. The number of aliphatic carboxylic acids is 1. The van der Waals surface area contributed by atoms with Crippen LogP contribution in [0, 0.1) is 24.2 Å². The minimum atomic E-state index is -0.860. The van der Waals surface area contributed by atoms with Crippen LogP contribution in [0.5, 0.6) is 0 Å². The molecule has 2 unspecified atom stereocenters. The number of rotatable bonds is 3. The summed E-state index contributed by atoms with van der Waals surface area (Å²) in [7, 11) is 1.82. The molecule has 1 N–H and O–H groups in total. The number of para-hydroxylation sites is 1. The van der Waals surface area contributed by atoms with E-state index >= 15 is 0 Å². The summed E-state index contributed by atoms with van der Waals surface area (Å²) in [4.78, 5) is 13.1. The van der Waals surface area contributed by atoms with Gasteiger partial charge in [0.1, 0.15) is 12.0 Å². The van der Waals surface area contributed by atoms with Gasteiger partial charge < -0.3 is 14.7 Å². The number of benzene rings is 1. The maximum absolute atomic E-state index is 11.2. The van der Waals surface area contributed by atoms with Crippen LogP contribution in [-0.2, 0) is 9.53 Å². The molecule has 1 aliphatic rings. The van der Waals surface area contributed by atoms with Crippen LogP contribution in [0.25, 0.3) is 0 Å². The Hall–Kier alpha value is -2.06. The molecule has 100 valence electrons. The van der Waals surface area contributed by atoms with Crippen molar-refractivity contribution < 1.29 is 14.6 Å². The van der Waals surface area contributed by atoms with Gasteiger partial charge in [0.25, 0.3) is 0 Å². The van der Waals surface area contributed by atoms with Gasteiger partial charge in [-0.25, -0.2) is 0 Å². The first-order valence-electron chi connectivity index (χ1n) is 6.09. The highest BCUT2D eigenvalue weighted by atomic mass is 16.5. The molecule has 1 saturated heterocycles. The minimum Gasteiger partial charge on any atom is -0.481 e. The van der Waals surface area contributed by atoms with Gasteiger partial charge in [-0.15, -0.1) is 0 Å². The first-order valence-corrected chi connectivity index (χ1v) is 6.09. The van der Waals surface area contributed by atoms with Crippen molar-refractivity contribution >= 4 is 11.7 Å². The van der Waals surface area contributed by atoms with Crippen LogP contribution in [-0.4, -0.2) is 37.4 Å². The van der Waals surface area contributed by atoms with Crippen LogP contribution in [0.2, 0.25) is 0 Å². The smallest absolute Gasteiger partial charge is 0.311 e. The average Bonchev–Trinajstić information content (AvgIpc) is 2.87. The topological polar surface area (TPSA) is 73.6 Å². The summed E-state index contributed by atoms with van der Waals surface area (Å²) in [6.45, 7) is 2.50. The van der Waals surface area contributed by atoms with Crippen molar-refractivity contribution in [2.75, 3.05) is 25.2 Å². The molecule has 19 heavy (non-hydrogen) atoms. The van der Waals surface area contributed by atoms with Gasteiger partial charge in [-0.2, -0.15) is 5.26 Å². The van der Waals surface area contributed by atoms with Crippen LogP contribution in [0.15, 0.2) is 18.2 Å². The van der Waals surface area contributed by atoms with Crippen molar-refractivity contribution in [2.24, 2.45) is 5.92 Å². The Balaban J connectivity index is 2.37. The van der Waals surface area contributed by atoms with E-state index in [2.05, 4.69) is 6.07 Å². The van der Waals surface area contributed by atoms with Crippen LogP contribution in [0.1, 0.15) is 11.1 Å². The number of carboxylic acids is 1. The number of nitriles is 1. The van der Waals surface area contributed by atoms with Crippen molar-refractivity contribution in [1.82, 2.24) is 0 Å². The quantitative estimate of drug-likeness (QED) is 0.889. The van der Waals surface area contributed by atoms with Gasteiger partial charge in [0.2, 0.25) is 0 Å². The van der Waals surface area contributed by atoms with Crippen molar-refractivity contribution in [1.29, 1.82) is 5.26 Å². The second-order valence-corrected chi connectivity index (χ2v) is 4.74. The SMILES string of the molecule is Cc1cccc(C#N)c1N(C)C1COCC1C(=O)O. The third kappa shape index (κ3) is 2.40. The highest BCUT2D eigenvalue weighted by Gasteiger charge is 2.37. The Bertz CT molecular complexity index is 536. The lowest BCUT2D eigenvalue weighted by atomic mass is 10.00. The predicted octanol–water partition coefficient (Wildman–Crippen LogP) is 1.40. The van der Waals surface area contributed by atoms with Gasteiger partial charge in [0.15, 0.2) is 0 Å². The first kappa shape index (κ1) is 13.4. The third-order valence-corrected chi connectivity index (χ3v) is 3.58. The van der Waals surface area contributed by atoms with Crippen LogP contribution in [0.4, 0.5) is 5.69 Å². The first-order chi connectivity index (χ1) is 9.06. The molecular weight excluding hydrogens is 244 g/mol. The lowest BCUT2D eigenvalue weighted by Crippen LogP contribution is -2.41. The fourth-order valence-electron chi connectivity index (χ4n) is 2.54. The zero-order chi connectivity index (χ0) is 14.0. The van der Waals surface area contributed by atoms with E-state index in [1.54, 1.807) is 6.07 Å². The van der Waals surface area contributed by atoms with Gasteiger partial charge in [0, 0.05) is 7.05 Å². The van der Waals surface area contributed by atoms with E-state index in [4.69, 9.17) is 4.74 Å². The Morgan fingerprint density at radius 3 is 2.89 bits per heavy atom. The molecule has 0 aliphatic carbocycles. The lowest BCUT2D eigenvalue weighted by Gasteiger charge is -2.30. The lowest BCUT2D eigenvalue weighted by molar-refractivity contribution is -0.141. The van der Waals surface area contributed by atoms with Crippen molar-refractivity contribution in [3.8, 4) is 6.07 Å². The Morgan fingerprint density at radius 2 is 2.26 bits per heavy atom. The molecule has 0 spiro atoms. The molecule has 2 rings (SSSR count). The van der Waals surface area contributed by atoms with E-state index in [1.165, 1.54) is 0 Å². The normalized spacial score (nSPS) is 21.9. The van der Waals surface area contributed by atoms with Crippen molar-refractivity contribution in [3.05, 3.63) is 29.3 Å². The molecule has 1 aliphatic heterocycles. The number of hydrogen-bond donors (Lipinski definition) is 1. The zero-order valence-electron chi connectivity index (χ0n) is 11.0. The van der Waals surface area contributed by atoms with Crippen molar-refractivity contribution in [3.63, 3.8) is 0 Å². The number of carbonyl (C=O) groups is 1. The highest BCUT2D eigenvalue weighted by Crippen LogP contribution is 2.29. The Kier molecular flexibility index (Phi) is 3.72. The number of aryl methyl sites for hydroxylation is 1. The standard InChI is InChI=1S/C14H16N2O3/c1-9-4-3-5-10(6-15)13(9)16(2)12-8-19-7-11(12)14(17)18/h3-5,11-12H,7-8H2,1-2H3,(H,17,18). The molecule has 0 aromatic heterocycles. The summed E-state index contributed by atoms with van der Waals surface area (Å²) in [5, 5.41) is 18.4. The summed E-state index contributed by atoms with van der Waals surface area (Å²) < 4.78 is 5.28. The highest BCUT2D eigenvalue weighted by molar-refractivity contribution is 5.73. The van der Waals surface area contributed by atoms with E-state index in [0.29, 0.717) is 12.2 Å². The number of nitrogens with zero attached hydrogens (tertiary/aromatic N) is 2. The fraction of sp³-hybridized carbons (Fsp3) is 0.429. The molecule has 0 amide bonds. The third-order valence-electron chi connectivity index (χ3n) is 3.58. The van der Waals surface area contributed by atoms with E-state index in [1.807, 2.05) is 31.0 Å². The number of hydrogen-bond acceptors (Lipinski definition) is 4. The van der Waals surface area contributed by atoms with E-state index in [-0.39, 0.29) is 12.6 Å². The summed E-state index contributed by atoms with van der Waals surface area (Å²) in [5.41, 5.74) is 2.29. The maximum atomic E-state index is 11.2. The van der Waals surface area contributed by atoms with Gasteiger partial charge in [-0.1, -0.05) is 12.1 Å². The molecule has 0 saturated carbocycles. The fourth-order valence-corrected chi connectivity index (χ4v) is 2.54. The van der Waals surface area contributed by atoms with Crippen molar-refractivity contribution in [2.45, 2.75) is 13.0 Å². The van der Waals surface area contributed by atoms with Gasteiger partial charge in [0.05, 0.1) is 30.5 Å². The number of anilines is 1. The maximum Gasteiger partial charge on any atom is 0.311 e. The second kappa shape index (κ2) is 5.29.